The van der Waals surface area contributed by atoms with E-state index in [0.717, 1.165) is 11.8 Å². The second-order valence-electron chi connectivity index (χ2n) is 5.73. The summed E-state index contributed by atoms with van der Waals surface area (Å²) in [6.07, 6.45) is 9.55. The first kappa shape index (κ1) is 11.4. The molecule has 3 N–H and O–H groups in total. The molecule has 2 fully saturated rings. The molecule has 0 aromatic carbocycles. The number of nitrogens with two attached hydrogens (primary N) is 1. The average molecular weight is 210 g/mol. The van der Waals surface area contributed by atoms with Crippen molar-refractivity contribution >= 4 is 0 Å². The van der Waals surface area contributed by atoms with Gasteiger partial charge in [0.1, 0.15) is 0 Å². The molecular weight excluding hydrogens is 184 g/mol. The fraction of sp³-hybridized carbons (Fsp3) is 1.00. The summed E-state index contributed by atoms with van der Waals surface area (Å²) in [6.45, 7) is 4.66. The molecule has 2 nitrogen and oxygen atoms in total. The third kappa shape index (κ3) is 2.54. The number of hydrogen-bond donors (Lipinski definition) is 2. The number of hydrogen-bond acceptors (Lipinski definition) is 2. The van der Waals surface area contributed by atoms with Gasteiger partial charge in [-0.15, -0.1) is 0 Å². The maximum atomic E-state index is 6.64. The fourth-order valence-corrected chi connectivity index (χ4v) is 3.50. The van der Waals surface area contributed by atoms with Crippen LogP contribution in [0, 0.1) is 11.8 Å². The molecule has 1 saturated heterocycles. The Morgan fingerprint density at radius 3 is 2.07 bits per heavy atom. The predicted molar refractivity (Wildman–Crippen MR) is 64.8 cm³/mol. The van der Waals surface area contributed by atoms with E-state index >= 15 is 0 Å². The van der Waals surface area contributed by atoms with Crippen molar-refractivity contribution in [2.75, 3.05) is 13.1 Å². The Morgan fingerprint density at radius 1 is 0.933 bits per heavy atom. The van der Waals surface area contributed by atoms with Crippen LogP contribution in [-0.2, 0) is 0 Å². The molecule has 2 aliphatic rings. The van der Waals surface area contributed by atoms with E-state index in [1.807, 2.05) is 0 Å². The van der Waals surface area contributed by atoms with Crippen LogP contribution in [-0.4, -0.2) is 18.6 Å². The average Bonchev–Trinajstić information content (AvgIpc) is 2.31. The molecule has 0 aromatic heterocycles. The van der Waals surface area contributed by atoms with Gasteiger partial charge < -0.3 is 11.1 Å². The molecule has 2 rings (SSSR count). The molecule has 0 bridgehead atoms. The summed E-state index contributed by atoms with van der Waals surface area (Å²) < 4.78 is 0. The molecular formula is C13H26N2. The van der Waals surface area contributed by atoms with E-state index in [1.165, 1.54) is 58.0 Å². The molecule has 15 heavy (non-hydrogen) atoms. The van der Waals surface area contributed by atoms with E-state index in [4.69, 9.17) is 5.73 Å². The number of nitrogens with one attached hydrogen (secondary N) is 1. The Bertz CT molecular complexity index is 169. The molecule has 1 aliphatic heterocycles. The maximum Gasteiger partial charge on any atom is 0.0183 e. The van der Waals surface area contributed by atoms with Crippen molar-refractivity contribution in [2.24, 2.45) is 17.6 Å². The molecule has 1 saturated carbocycles. The smallest absolute Gasteiger partial charge is 0.0183 e. The first-order valence-electron chi connectivity index (χ1n) is 6.71. The number of piperidine rings is 1. The van der Waals surface area contributed by atoms with E-state index in [9.17, 15) is 0 Å². The Morgan fingerprint density at radius 2 is 1.47 bits per heavy atom. The van der Waals surface area contributed by atoms with Gasteiger partial charge in [-0.2, -0.15) is 0 Å². The minimum Gasteiger partial charge on any atom is -0.325 e. The summed E-state index contributed by atoms with van der Waals surface area (Å²) in [5.74, 6) is 1.54. The lowest BCUT2D eigenvalue weighted by Gasteiger charge is -2.44. The largest absolute Gasteiger partial charge is 0.325 e. The molecule has 0 spiro atoms. The van der Waals surface area contributed by atoms with Gasteiger partial charge in [0.2, 0.25) is 0 Å². The van der Waals surface area contributed by atoms with Crippen molar-refractivity contribution in [1.82, 2.24) is 5.32 Å². The van der Waals surface area contributed by atoms with Crippen molar-refractivity contribution in [3.8, 4) is 0 Å². The van der Waals surface area contributed by atoms with Crippen molar-refractivity contribution in [1.29, 1.82) is 0 Å². The normalized spacial score (nSPS) is 30.0. The molecule has 1 heterocycles. The highest BCUT2D eigenvalue weighted by atomic mass is 14.9. The maximum absolute atomic E-state index is 6.64. The second kappa shape index (κ2) is 4.84. The third-order valence-corrected chi connectivity index (χ3v) is 4.70. The van der Waals surface area contributed by atoms with Crippen LogP contribution in [0.5, 0.6) is 0 Å². The van der Waals surface area contributed by atoms with Crippen LogP contribution in [0.2, 0.25) is 0 Å². The Kier molecular flexibility index (Phi) is 3.68. The molecule has 2 heteroatoms. The summed E-state index contributed by atoms with van der Waals surface area (Å²) in [5, 5.41) is 3.43. The van der Waals surface area contributed by atoms with Crippen molar-refractivity contribution in [2.45, 2.75) is 57.4 Å². The van der Waals surface area contributed by atoms with Crippen molar-refractivity contribution in [3.63, 3.8) is 0 Å². The molecule has 0 radical (unpaired) electrons. The zero-order valence-corrected chi connectivity index (χ0v) is 10.1. The van der Waals surface area contributed by atoms with E-state index < -0.39 is 0 Å². The lowest BCUT2D eigenvalue weighted by atomic mass is 9.67. The van der Waals surface area contributed by atoms with Gasteiger partial charge in [-0.25, -0.2) is 0 Å². The topological polar surface area (TPSA) is 38.0 Å². The van der Waals surface area contributed by atoms with E-state index in [0.29, 0.717) is 0 Å². The van der Waals surface area contributed by atoms with Gasteiger partial charge in [0.15, 0.2) is 0 Å². The molecule has 0 aromatic rings. The Hall–Kier alpha value is -0.0800. The van der Waals surface area contributed by atoms with Crippen molar-refractivity contribution in [3.05, 3.63) is 0 Å². The lowest BCUT2D eigenvalue weighted by Crippen LogP contribution is -2.54. The van der Waals surface area contributed by atoms with Crippen LogP contribution in [0.4, 0.5) is 0 Å². The number of rotatable bonds is 2. The van der Waals surface area contributed by atoms with Crippen LogP contribution < -0.4 is 11.1 Å². The quantitative estimate of drug-likeness (QED) is 0.734. The lowest BCUT2D eigenvalue weighted by molar-refractivity contribution is 0.127. The highest BCUT2D eigenvalue weighted by Gasteiger charge is 2.38. The first-order valence-corrected chi connectivity index (χ1v) is 6.71. The summed E-state index contributed by atoms with van der Waals surface area (Å²) >= 11 is 0. The summed E-state index contributed by atoms with van der Waals surface area (Å²) in [4.78, 5) is 0. The fourth-order valence-electron chi connectivity index (χ4n) is 3.50. The van der Waals surface area contributed by atoms with Crippen LogP contribution in [0.15, 0.2) is 0 Å². The highest BCUT2D eigenvalue weighted by Crippen LogP contribution is 2.38. The SMILES string of the molecule is CC(N)(C1CCCCC1)C1CCNCC1. The summed E-state index contributed by atoms with van der Waals surface area (Å²) in [6, 6.07) is 0. The van der Waals surface area contributed by atoms with Gasteiger partial charge in [-0.3, -0.25) is 0 Å². The van der Waals surface area contributed by atoms with E-state index in [2.05, 4.69) is 12.2 Å². The van der Waals surface area contributed by atoms with Gasteiger partial charge in [0, 0.05) is 5.54 Å². The molecule has 1 atom stereocenters. The van der Waals surface area contributed by atoms with E-state index in [-0.39, 0.29) is 5.54 Å². The van der Waals surface area contributed by atoms with Gasteiger partial charge in [0.25, 0.3) is 0 Å². The molecule has 1 aliphatic carbocycles. The molecule has 88 valence electrons. The van der Waals surface area contributed by atoms with Gasteiger partial charge in [-0.05, 0) is 57.5 Å². The zero-order valence-electron chi connectivity index (χ0n) is 10.1. The summed E-state index contributed by atoms with van der Waals surface area (Å²) in [5.41, 5.74) is 6.74. The Labute approximate surface area is 94.0 Å². The third-order valence-electron chi connectivity index (χ3n) is 4.70. The van der Waals surface area contributed by atoms with Gasteiger partial charge in [0.05, 0.1) is 0 Å². The molecule has 0 amide bonds. The minimum absolute atomic E-state index is 0.0997. The monoisotopic (exact) mass is 210 g/mol. The van der Waals surface area contributed by atoms with Crippen molar-refractivity contribution < 1.29 is 0 Å². The zero-order chi connectivity index (χ0) is 10.7. The highest BCUT2D eigenvalue weighted by molar-refractivity contribution is 4.95. The van der Waals surface area contributed by atoms with Crippen LogP contribution in [0.3, 0.4) is 0 Å². The molecule has 1 unspecified atom stereocenters. The summed E-state index contributed by atoms with van der Waals surface area (Å²) in [7, 11) is 0. The second-order valence-corrected chi connectivity index (χ2v) is 5.73. The predicted octanol–water partition coefficient (Wildman–Crippen LogP) is 2.28. The minimum atomic E-state index is 0.0997. The van der Waals surface area contributed by atoms with Gasteiger partial charge >= 0.3 is 0 Å². The van der Waals surface area contributed by atoms with E-state index in [1.54, 1.807) is 0 Å². The van der Waals surface area contributed by atoms with Crippen LogP contribution in [0.1, 0.15) is 51.9 Å². The first-order chi connectivity index (χ1) is 7.21. The Balaban J connectivity index is 1.96. The van der Waals surface area contributed by atoms with Crippen LogP contribution >= 0.6 is 0 Å². The van der Waals surface area contributed by atoms with Crippen LogP contribution in [0.25, 0.3) is 0 Å². The standard InChI is InChI=1S/C13H26N2/c1-13(14,11-5-3-2-4-6-11)12-7-9-15-10-8-12/h11-12,15H,2-10,14H2,1H3. The van der Waals surface area contributed by atoms with Gasteiger partial charge in [-0.1, -0.05) is 19.3 Å².